The Morgan fingerprint density at radius 2 is 1.77 bits per heavy atom. The van der Waals surface area contributed by atoms with Crippen LogP contribution in [-0.2, 0) is 11.2 Å². The molecule has 4 nitrogen and oxygen atoms in total. The lowest BCUT2D eigenvalue weighted by Crippen LogP contribution is -2.35. The number of benzene rings is 2. The number of nitrogens with zero attached hydrogens (tertiary/aromatic N) is 2. The molecule has 0 atom stereocenters. The first-order valence-corrected chi connectivity index (χ1v) is 11.2. The van der Waals surface area contributed by atoms with Crippen molar-refractivity contribution in [3.8, 4) is 6.07 Å². The number of para-hydroxylation sites is 1. The summed E-state index contributed by atoms with van der Waals surface area (Å²) >= 11 is 0. The highest BCUT2D eigenvalue weighted by atomic mass is 16.6. The molecule has 0 spiro atoms. The summed E-state index contributed by atoms with van der Waals surface area (Å²) in [6.45, 7) is 13.8. The lowest BCUT2D eigenvalue weighted by Gasteiger charge is -2.34. The van der Waals surface area contributed by atoms with Gasteiger partial charge in [-0.2, -0.15) is 5.26 Å². The summed E-state index contributed by atoms with van der Waals surface area (Å²) in [5.41, 5.74) is 6.57. The molecular formula is C27H34N2O2. The third-order valence-electron chi connectivity index (χ3n) is 6.21. The second-order valence-corrected chi connectivity index (χ2v) is 9.75. The molecule has 4 heteroatoms. The van der Waals surface area contributed by atoms with Gasteiger partial charge in [-0.1, -0.05) is 18.2 Å². The van der Waals surface area contributed by atoms with Gasteiger partial charge in [0.1, 0.15) is 11.7 Å². The van der Waals surface area contributed by atoms with Crippen molar-refractivity contribution in [2.24, 2.45) is 5.92 Å². The molecule has 0 unspecified atom stereocenters. The second-order valence-electron chi connectivity index (χ2n) is 9.75. The van der Waals surface area contributed by atoms with Crippen molar-refractivity contribution < 1.29 is 9.53 Å². The molecule has 0 amide bonds. The Hall–Kier alpha value is -2.80. The summed E-state index contributed by atoms with van der Waals surface area (Å²) in [4.78, 5) is 15.2. The monoisotopic (exact) mass is 418 g/mol. The summed E-state index contributed by atoms with van der Waals surface area (Å²) in [5, 5.41) is 9.41. The zero-order valence-electron chi connectivity index (χ0n) is 19.7. The Morgan fingerprint density at radius 1 is 1.13 bits per heavy atom. The number of carbonyl (C=O) groups is 1. The Labute approximate surface area is 186 Å². The van der Waals surface area contributed by atoms with E-state index in [9.17, 15) is 10.1 Å². The number of piperidine rings is 1. The average Bonchev–Trinajstić information content (AvgIpc) is 2.70. The zero-order valence-corrected chi connectivity index (χ0v) is 19.7. The van der Waals surface area contributed by atoms with Crippen LogP contribution < -0.4 is 4.90 Å². The molecule has 1 aliphatic rings. The molecule has 2 aromatic rings. The fraction of sp³-hybridized carbons (Fsp3) is 0.481. The Morgan fingerprint density at radius 3 is 2.39 bits per heavy atom. The van der Waals surface area contributed by atoms with E-state index >= 15 is 0 Å². The molecule has 0 saturated carbocycles. The van der Waals surface area contributed by atoms with E-state index < -0.39 is 5.60 Å². The highest BCUT2D eigenvalue weighted by Crippen LogP contribution is 2.31. The van der Waals surface area contributed by atoms with Gasteiger partial charge in [0.2, 0.25) is 0 Å². The standard InChI is InChI=1S/C27H34N2O2/c1-18-15-19(2)25(26(30)31-27(4,5)6)20(3)23(18)16-21-11-13-29(14-12-21)24-10-8-7-9-22(24)17-28/h7-10,15,21H,11-14,16H2,1-6H3. The van der Waals surface area contributed by atoms with Crippen molar-refractivity contribution in [3.63, 3.8) is 0 Å². The van der Waals surface area contributed by atoms with E-state index in [1.54, 1.807) is 0 Å². The number of esters is 1. The third-order valence-corrected chi connectivity index (χ3v) is 6.21. The first kappa shape index (κ1) is 22.9. The number of anilines is 1. The lowest BCUT2D eigenvalue weighted by molar-refractivity contribution is 0.00678. The maximum atomic E-state index is 12.9. The Kier molecular flexibility index (Phi) is 6.74. The van der Waals surface area contributed by atoms with Gasteiger partial charge in [-0.15, -0.1) is 0 Å². The van der Waals surface area contributed by atoms with Gasteiger partial charge in [0.25, 0.3) is 0 Å². The van der Waals surface area contributed by atoms with Gasteiger partial charge in [-0.3, -0.25) is 0 Å². The maximum Gasteiger partial charge on any atom is 0.339 e. The zero-order chi connectivity index (χ0) is 22.8. The predicted octanol–water partition coefficient (Wildman–Crippen LogP) is 5.90. The minimum atomic E-state index is -0.506. The minimum Gasteiger partial charge on any atom is -0.456 e. The average molecular weight is 419 g/mol. The minimum absolute atomic E-state index is 0.230. The van der Waals surface area contributed by atoms with Crippen molar-refractivity contribution in [2.45, 2.75) is 66.4 Å². The smallest absolute Gasteiger partial charge is 0.339 e. The maximum absolute atomic E-state index is 12.9. The van der Waals surface area contributed by atoms with E-state index in [-0.39, 0.29) is 5.97 Å². The van der Waals surface area contributed by atoms with Gasteiger partial charge >= 0.3 is 5.97 Å². The van der Waals surface area contributed by atoms with Crippen LogP contribution in [0.25, 0.3) is 0 Å². The quantitative estimate of drug-likeness (QED) is 0.580. The van der Waals surface area contributed by atoms with E-state index in [0.29, 0.717) is 5.92 Å². The molecule has 0 aromatic heterocycles. The molecule has 1 saturated heterocycles. The van der Waals surface area contributed by atoms with Crippen molar-refractivity contribution in [1.82, 2.24) is 0 Å². The molecule has 0 bridgehead atoms. The summed E-state index contributed by atoms with van der Waals surface area (Å²) < 4.78 is 5.68. The van der Waals surface area contributed by atoms with Crippen LogP contribution in [0.4, 0.5) is 5.69 Å². The van der Waals surface area contributed by atoms with Gasteiger partial charge in [-0.25, -0.2) is 4.79 Å². The van der Waals surface area contributed by atoms with Crippen LogP contribution in [-0.4, -0.2) is 24.7 Å². The van der Waals surface area contributed by atoms with Gasteiger partial charge in [0.15, 0.2) is 0 Å². The molecule has 1 fully saturated rings. The molecular weight excluding hydrogens is 384 g/mol. The van der Waals surface area contributed by atoms with Crippen LogP contribution in [0.1, 0.15) is 71.8 Å². The molecule has 0 aliphatic carbocycles. The Balaban J connectivity index is 1.76. The van der Waals surface area contributed by atoms with Gasteiger partial charge in [-0.05, 0) is 101 Å². The Bertz CT molecular complexity index is 1000. The highest BCUT2D eigenvalue weighted by Gasteiger charge is 2.26. The van der Waals surface area contributed by atoms with Crippen LogP contribution in [0.5, 0.6) is 0 Å². The number of hydrogen-bond acceptors (Lipinski definition) is 4. The number of nitriles is 1. The van der Waals surface area contributed by atoms with Crippen molar-refractivity contribution >= 4 is 11.7 Å². The summed E-state index contributed by atoms with van der Waals surface area (Å²) in [5.74, 6) is 0.337. The number of carbonyl (C=O) groups excluding carboxylic acids is 1. The fourth-order valence-electron chi connectivity index (χ4n) is 4.69. The molecule has 1 aliphatic heterocycles. The van der Waals surface area contributed by atoms with Crippen LogP contribution in [0.15, 0.2) is 30.3 Å². The van der Waals surface area contributed by atoms with Crippen LogP contribution >= 0.6 is 0 Å². The molecule has 0 radical (unpaired) electrons. The number of rotatable bonds is 4. The van der Waals surface area contributed by atoms with Gasteiger partial charge in [0.05, 0.1) is 16.8 Å². The van der Waals surface area contributed by atoms with Gasteiger partial charge < -0.3 is 9.64 Å². The van der Waals surface area contributed by atoms with E-state index in [2.05, 4.69) is 30.9 Å². The van der Waals surface area contributed by atoms with E-state index in [0.717, 1.165) is 60.3 Å². The van der Waals surface area contributed by atoms with Crippen molar-refractivity contribution in [1.29, 1.82) is 5.26 Å². The predicted molar refractivity (Wildman–Crippen MR) is 126 cm³/mol. The molecule has 31 heavy (non-hydrogen) atoms. The van der Waals surface area contributed by atoms with Crippen LogP contribution in [0.2, 0.25) is 0 Å². The molecule has 3 rings (SSSR count). The second kappa shape index (κ2) is 9.14. The number of hydrogen-bond donors (Lipinski definition) is 0. The molecule has 1 heterocycles. The van der Waals surface area contributed by atoms with E-state index in [1.807, 2.05) is 52.0 Å². The summed E-state index contributed by atoms with van der Waals surface area (Å²) in [7, 11) is 0. The normalized spacial score (nSPS) is 14.9. The topological polar surface area (TPSA) is 53.3 Å². The van der Waals surface area contributed by atoms with E-state index in [1.165, 1.54) is 11.1 Å². The first-order valence-electron chi connectivity index (χ1n) is 11.2. The summed E-state index contributed by atoms with van der Waals surface area (Å²) in [6.07, 6.45) is 3.13. The number of ether oxygens (including phenoxy) is 1. The SMILES string of the molecule is Cc1cc(C)c(C(=O)OC(C)(C)C)c(C)c1CC1CCN(c2ccccc2C#N)CC1. The molecule has 2 aromatic carbocycles. The third kappa shape index (κ3) is 5.28. The van der Waals surface area contributed by atoms with E-state index in [4.69, 9.17) is 4.74 Å². The van der Waals surface area contributed by atoms with Crippen LogP contribution in [0.3, 0.4) is 0 Å². The lowest BCUT2D eigenvalue weighted by atomic mass is 9.84. The number of aryl methyl sites for hydroxylation is 2. The summed E-state index contributed by atoms with van der Waals surface area (Å²) in [6, 6.07) is 12.3. The first-order chi connectivity index (χ1) is 14.6. The highest BCUT2D eigenvalue weighted by molar-refractivity contribution is 5.93. The van der Waals surface area contributed by atoms with Gasteiger partial charge in [0, 0.05) is 13.1 Å². The largest absolute Gasteiger partial charge is 0.456 e. The van der Waals surface area contributed by atoms with Crippen LogP contribution in [0, 0.1) is 38.0 Å². The molecule has 0 N–H and O–H groups in total. The molecule has 164 valence electrons. The van der Waals surface area contributed by atoms with Crippen molar-refractivity contribution in [3.05, 3.63) is 63.7 Å². The van der Waals surface area contributed by atoms with Crippen molar-refractivity contribution in [2.75, 3.05) is 18.0 Å². The fourth-order valence-corrected chi connectivity index (χ4v) is 4.69.